The first-order chi connectivity index (χ1) is 13.6. The van der Waals surface area contributed by atoms with E-state index in [0.29, 0.717) is 30.9 Å². The van der Waals surface area contributed by atoms with Crippen LogP contribution in [0.1, 0.15) is 60.1 Å². The van der Waals surface area contributed by atoms with Gasteiger partial charge in [-0.05, 0) is 37.7 Å². The highest BCUT2D eigenvalue weighted by molar-refractivity contribution is 5.89. The molecule has 5 rings (SSSR count). The Morgan fingerprint density at radius 3 is 2.71 bits per heavy atom. The minimum atomic E-state index is -0.166. The number of carbonyl (C=O) groups excluding carboxylic acids is 1. The molecule has 2 atom stereocenters. The van der Waals surface area contributed by atoms with E-state index < -0.39 is 0 Å². The lowest BCUT2D eigenvalue weighted by atomic mass is 10.1. The van der Waals surface area contributed by atoms with Gasteiger partial charge in [-0.3, -0.25) is 4.79 Å². The van der Waals surface area contributed by atoms with Gasteiger partial charge in [0.1, 0.15) is 0 Å². The number of likely N-dealkylation sites (tertiary alicyclic amines) is 1. The minimum absolute atomic E-state index is 0.0733. The smallest absolute Gasteiger partial charge is 0.316 e. The Hall–Kier alpha value is -2.25. The average molecular weight is 381 g/mol. The van der Waals surface area contributed by atoms with Crippen molar-refractivity contribution in [1.29, 1.82) is 0 Å². The Morgan fingerprint density at radius 1 is 1.25 bits per heavy atom. The summed E-state index contributed by atoms with van der Waals surface area (Å²) in [6.45, 7) is 2.16. The largest absolute Gasteiger partial charge is 0.334 e. The van der Waals surface area contributed by atoms with Crippen molar-refractivity contribution in [3.05, 3.63) is 47.6 Å². The normalized spacial score (nSPS) is 26.2. The molecule has 2 saturated carbocycles. The molecule has 0 spiro atoms. The third-order valence-corrected chi connectivity index (χ3v) is 6.48. The van der Waals surface area contributed by atoms with Gasteiger partial charge in [-0.15, -0.1) is 0 Å². The zero-order chi connectivity index (χ0) is 19.1. The fourth-order valence-electron chi connectivity index (χ4n) is 4.21. The standard InChI is InChI=1S/C21H27N5O2/c22-15-6-10-26(11-7-15)19(27)18-24-20(25-28-18)21(8-9-21)13-23-17-12-16(17)14-4-2-1-3-5-14/h1-5,15-17,23H,6-13,22H2/t16-,17+/m0/s1. The van der Waals surface area contributed by atoms with Crippen molar-refractivity contribution < 1.29 is 9.32 Å². The van der Waals surface area contributed by atoms with E-state index in [2.05, 4.69) is 45.8 Å². The number of amides is 1. The number of nitrogens with one attached hydrogen (secondary N) is 1. The molecule has 0 radical (unpaired) electrons. The third-order valence-electron chi connectivity index (χ3n) is 6.48. The number of benzene rings is 1. The second-order valence-electron chi connectivity index (χ2n) is 8.57. The Balaban J connectivity index is 1.18. The second kappa shape index (κ2) is 6.97. The molecule has 1 aliphatic heterocycles. The van der Waals surface area contributed by atoms with Crippen LogP contribution in [0.15, 0.2) is 34.9 Å². The summed E-state index contributed by atoms with van der Waals surface area (Å²) < 4.78 is 5.33. The summed E-state index contributed by atoms with van der Waals surface area (Å²) in [5.74, 6) is 1.23. The molecular formula is C21H27N5O2. The van der Waals surface area contributed by atoms with E-state index in [1.165, 1.54) is 12.0 Å². The van der Waals surface area contributed by atoms with Crippen LogP contribution >= 0.6 is 0 Å². The van der Waals surface area contributed by atoms with Crippen LogP contribution in [-0.2, 0) is 5.41 Å². The lowest BCUT2D eigenvalue weighted by molar-refractivity contribution is 0.0664. The van der Waals surface area contributed by atoms with Crippen molar-refractivity contribution in [3.63, 3.8) is 0 Å². The molecule has 28 heavy (non-hydrogen) atoms. The van der Waals surface area contributed by atoms with Gasteiger partial charge in [-0.1, -0.05) is 35.5 Å². The minimum Gasteiger partial charge on any atom is -0.334 e. The number of hydrogen-bond donors (Lipinski definition) is 2. The third kappa shape index (κ3) is 3.44. The van der Waals surface area contributed by atoms with Crippen molar-refractivity contribution in [3.8, 4) is 0 Å². The Morgan fingerprint density at radius 2 is 2.00 bits per heavy atom. The maximum absolute atomic E-state index is 12.6. The van der Waals surface area contributed by atoms with E-state index >= 15 is 0 Å². The molecule has 3 aliphatic rings. The maximum atomic E-state index is 12.6. The molecule has 1 aromatic heterocycles. The van der Waals surface area contributed by atoms with Crippen molar-refractivity contribution in [2.24, 2.45) is 5.73 Å². The molecule has 1 saturated heterocycles. The topological polar surface area (TPSA) is 97.3 Å². The van der Waals surface area contributed by atoms with Crippen LogP contribution in [0.5, 0.6) is 0 Å². The Bertz CT molecular complexity index is 839. The first kappa shape index (κ1) is 17.8. The van der Waals surface area contributed by atoms with E-state index in [1.807, 2.05) is 0 Å². The first-order valence-electron chi connectivity index (χ1n) is 10.3. The van der Waals surface area contributed by atoms with Crippen LogP contribution in [-0.4, -0.2) is 52.7 Å². The summed E-state index contributed by atoms with van der Waals surface area (Å²) in [4.78, 5) is 18.9. The van der Waals surface area contributed by atoms with Gasteiger partial charge < -0.3 is 20.5 Å². The van der Waals surface area contributed by atoms with Crippen LogP contribution in [0.3, 0.4) is 0 Å². The average Bonchev–Trinajstić information content (AvgIpc) is 3.64. The van der Waals surface area contributed by atoms with Crippen LogP contribution in [0, 0.1) is 0 Å². The molecule has 2 aliphatic carbocycles. The van der Waals surface area contributed by atoms with Gasteiger partial charge in [0.2, 0.25) is 0 Å². The summed E-state index contributed by atoms with van der Waals surface area (Å²) in [6.07, 6.45) is 4.89. The SMILES string of the molecule is NC1CCN(C(=O)c2nc(C3(CN[C@@H]4C[C@H]4c4ccccc4)CC3)no2)CC1. The molecule has 7 nitrogen and oxygen atoms in total. The van der Waals surface area contributed by atoms with Gasteiger partial charge >= 0.3 is 11.8 Å². The molecule has 0 unspecified atom stereocenters. The summed E-state index contributed by atoms with van der Waals surface area (Å²) >= 11 is 0. The fourth-order valence-corrected chi connectivity index (χ4v) is 4.21. The maximum Gasteiger partial charge on any atom is 0.316 e. The van der Waals surface area contributed by atoms with Crippen molar-refractivity contribution in [1.82, 2.24) is 20.4 Å². The molecule has 0 bridgehead atoms. The van der Waals surface area contributed by atoms with E-state index in [-0.39, 0.29) is 23.3 Å². The van der Waals surface area contributed by atoms with E-state index in [0.717, 1.165) is 32.2 Å². The van der Waals surface area contributed by atoms with Crippen molar-refractivity contribution in [2.45, 2.75) is 55.5 Å². The van der Waals surface area contributed by atoms with Gasteiger partial charge in [0, 0.05) is 43.1 Å². The highest BCUT2D eigenvalue weighted by Gasteiger charge is 2.50. The lowest BCUT2D eigenvalue weighted by Gasteiger charge is -2.28. The molecular weight excluding hydrogens is 354 g/mol. The molecule has 2 aromatic rings. The number of aromatic nitrogens is 2. The van der Waals surface area contributed by atoms with Gasteiger partial charge in [0.05, 0.1) is 0 Å². The molecule has 1 aromatic carbocycles. The highest BCUT2D eigenvalue weighted by Crippen LogP contribution is 2.48. The number of piperidine rings is 1. The van der Waals surface area contributed by atoms with E-state index in [1.54, 1.807) is 4.90 Å². The number of rotatable bonds is 6. The van der Waals surface area contributed by atoms with Crippen LogP contribution in [0.4, 0.5) is 0 Å². The molecule has 2 heterocycles. The van der Waals surface area contributed by atoms with Gasteiger partial charge in [-0.2, -0.15) is 4.98 Å². The van der Waals surface area contributed by atoms with Crippen molar-refractivity contribution >= 4 is 5.91 Å². The van der Waals surface area contributed by atoms with Crippen LogP contribution < -0.4 is 11.1 Å². The predicted octanol–water partition coefficient (Wildman–Crippen LogP) is 1.81. The summed E-state index contributed by atoms with van der Waals surface area (Å²) in [5.41, 5.74) is 7.25. The van der Waals surface area contributed by atoms with Crippen LogP contribution in [0.25, 0.3) is 0 Å². The second-order valence-corrected chi connectivity index (χ2v) is 8.57. The van der Waals surface area contributed by atoms with E-state index in [9.17, 15) is 4.79 Å². The number of nitrogens with zero attached hydrogens (tertiary/aromatic N) is 3. The number of nitrogens with two attached hydrogens (primary N) is 1. The molecule has 148 valence electrons. The Labute approximate surface area is 164 Å². The summed E-state index contributed by atoms with van der Waals surface area (Å²) in [7, 11) is 0. The monoisotopic (exact) mass is 381 g/mol. The molecule has 3 N–H and O–H groups in total. The number of carbonyl (C=O) groups is 1. The van der Waals surface area contributed by atoms with E-state index in [4.69, 9.17) is 10.3 Å². The summed E-state index contributed by atoms with van der Waals surface area (Å²) in [6, 6.07) is 11.4. The first-order valence-corrected chi connectivity index (χ1v) is 10.3. The molecule has 3 fully saturated rings. The van der Waals surface area contributed by atoms with Crippen LogP contribution in [0.2, 0.25) is 0 Å². The zero-order valence-electron chi connectivity index (χ0n) is 16.0. The Kier molecular flexibility index (Phi) is 4.44. The zero-order valence-corrected chi connectivity index (χ0v) is 16.0. The summed E-state index contributed by atoms with van der Waals surface area (Å²) in [5, 5.41) is 7.84. The van der Waals surface area contributed by atoms with Gasteiger partial charge in [-0.25, -0.2) is 0 Å². The van der Waals surface area contributed by atoms with Gasteiger partial charge in [0.25, 0.3) is 0 Å². The molecule has 1 amide bonds. The van der Waals surface area contributed by atoms with Crippen molar-refractivity contribution in [2.75, 3.05) is 19.6 Å². The lowest BCUT2D eigenvalue weighted by Crippen LogP contribution is -2.43. The fraction of sp³-hybridized carbons (Fsp3) is 0.571. The highest BCUT2D eigenvalue weighted by atomic mass is 16.5. The predicted molar refractivity (Wildman–Crippen MR) is 104 cm³/mol. The number of hydrogen-bond acceptors (Lipinski definition) is 6. The quantitative estimate of drug-likeness (QED) is 0.792. The molecule has 7 heteroatoms. The van der Waals surface area contributed by atoms with Gasteiger partial charge in [0.15, 0.2) is 5.82 Å².